The number of amides is 1. The molecule has 1 N–H and O–H groups in total. The van der Waals surface area contributed by atoms with Gasteiger partial charge in [-0.25, -0.2) is 4.98 Å². The molecule has 0 fully saturated rings. The molecule has 0 saturated heterocycles. The molecule has 3 rings (SSSR count). The van der Waals surface area contributed by atoms with E-state index in [1.165, 1.54) is 11.3 Å². The Bertz CT molecular complexity index is 929. The summed E-state index contributed by atoms with van der Waals surface area (Å²) in [5.41, 5.74) is 2.68. The van der Waals surface area contributed by atoms with Crippen LogP contribution in [0.15, 0.2) is 66.0 Å². The highest BCUT2D eigenvalue weighted by molar-refractivity contribution is 7.13. The van der Waals surface area contributed by atoms with Crippen LogP contribution in [0.1, 0.15) is 18.2 Å². The molecule has 6 nitrogen and oxygen atoms in total. The van der Waals surface area contributed by atoms with Crippen LogP contribution in [0.2, 0.25) is 0 Å². The normalized spacial score (nSPS) is 10.4. The number of hydrogen-bond donors (Lipinski definition) is 1. The third-order valence-electron chi connectivity index (χ3n) is 4.10. The summed E-state index contributed by atoms with van der Waals surface area (Å²) in [5, 5.41) is 5.06. The predicted octanol–water partition coefficient (Wildman–Crippen LogP) is 3.89. The fourth-order valence-corrected chi connectivity index (χ4v) is 3.55. The van der Waals surface area contributed by atoms with Gasteiger partial charge in [0.2, 0.25) is 5.91 Å². The van der Waals surface area contributed by atoms with E-state index in [0.29, 0.717) is 24.0 Å². The lowest BCUT2D eigenvalue weighted by atomic mass is 10.2. The van der Waals surface area contributed by atoms with E-state index in [9.17, 15) is 9.59 Å². The molecule has 0 aliphatic heterocycles. The number of anilines is 2. The number of aromatic nitrogens is 1. The minimum absolute atomic E-state index is 0.102. The minimum atomic E-state index is -0.325. The van der Waals surface area contributed by atoms with Gasteiger partial charge in [-0.1, -0.05) is 48.5 Å². The fraction of sp³-hybridized carbons (Fsp3) is 0.227. The highest BCUT2D eigenvalue weighted by Crippen LogP contribution is 2.19. The Morgan fingerprint density at radius 2 is 1.76 bits per heavy atom. The molecule has 0 bridgehead atoms. The molecule has 150 valence electrons. The van der Waals surface area contributed by atoms with Crippen molar-refractivity contribution in [3.63, 3.8) is 0 Å². The van der Waals surface area contributed by atoms with Gasteiger partial charge < -0.3 is 15.0 Å². The summed E-state index contributed by atoms with van der Waals surface area (Å²) in [5.74, 6) is -0.490. The number of thiazole rings is 1. The van der Waals surface area contributed by atoms with Gasteiger partial charge in [0.25, 0.3) is 0 Å². The molecule has 0 spiro atoms. The van der Waals surface area contributed by atoms with E-state index in [4.69, 9.17) is 4.74 Å². The van der Waals surface area contributed by atoms with Crippen LogP contribution in [-0.2, 0) is 27.3 Å². The van der Waals surface area contributed by atoms with E-state index < -0.39 is 0 Å². The highest BCUT2D eigenvalue weighted by Gasteiger charge is 2.15. The summed E-state index contributed by atoms with van der Waals surface area (Å²) in [6, 6.07) is 19.8. The van der Waals surface area contributed by atoms with E-state index in [0.717, 1.165) is 11.3 Å². The number of rotatable bonds is 9. The lowest BCUT2D eigenvalue weighted by Crippen LogP contribution is -2.32. The largest absolute Gasteiger partial charge is 0.466 e. The average Bonchev–Trinajstić information content (AvgIpc) is 3.15. The monoisotopic (exact) mass is 409 g/mol. The van der Waals surface area contributed by atoms with Crippen molar-refractivity contribution in [2.24, 2.45) is 0 Å². The van der Waals surface area contributed by atoms with E-state index in [-0.39, 0.29) is 24.8 Å². The zero-order valence-corrected chi connectivity index (χ0v) is 17.0. The summed E-state index contributed by atoms with van der Waals surface area (Å²) in [7, 11) is 0. The summed E-state index contributed by atoms with van der Waals surface area (Å²) in [4.78, 5) is 30.5. The Hall–Kier alpha value is -3.19. The Kier molecular flexibility index (Phi) is 7.35. The first-order chi connectivity index (χ1) is 14.1. The van der Waals surface area contributed by atoms with E-state index in [1.807, 2.05) is 65.6 Å². The topological polar surface area (TPSA) is 71.5 Å². The second-order valence-electron chi connectivity index (χ2n) is 6.35. The van der Waals surface area contributed by atoms with Gasteiger partial charge in [0.05, 0.1) is 25.3 Å². The van der Waals surface area contributed by atoms with Gasteiger partial charge in [0, 0.05) is 17.6 Å². The van der Waals surface area contributed by atoms with Crippen molar-refractivity contribution in [1.29, 1.82) is 0 Å². The van der Waals surface area contributed by atoms with Crippen molar-refractivity contribution in [2.45, 2.75) is 19.9 Å². The molecule has 2 aromatic carbocycles. The number of hydrogen-bond acceptors (Lipinski definition) is 6. The Morgan fingerprint density at radius 1 is 1.07 bits per heavy atom. The lowest BCUT2D eigenvalue weighted by Gasteiger charge is -2.24. The van der Waals surface area contributed by atoms with Crippen molar-refractivity contribution >= 4 is 34.0 Å². The zero-order chi connectivity index (χ0) is 20.5. The average molecular weight is 410 g/mol. The number of para-hydroxylation sites is 1. The first kappa shape index (κ1) is 20.5. The van der Waals surface area contributed by atoms with E-state index >= 15 is 0 Å². The first-order valence-corrected chi connectivity index (χ1v) is 10.3. The molecule has 0 saturated carbocycles. The predicted molar refractivity (Wildman–Crippen MR) is 115 cm³/mol. The second-order valence-corrected chi connectivity index (χ2v) is 7.21. The molecule has 0 atom stereocenters. The maximum Gasteiger partial charge on any atom is 0.311 e. The summed E-state index contributed by atoms with van der Waals surface area (Å²) in [6.45, 7) is 2.90. The molecule has 3 aromatic rings. The summed E-state index contributed by atoms with van der Waals surface area (Å²) < 4.78 is 4.93. The van der Waals surface area contributed by atoms with Crippen LogP contribution in [0.5, 0.6) is 0 Å². The van der Waals surface area contributed by atoms with E-state index in [1.54, 1.807) is 12.3 Å². The number of ether oxygens (including phenoxy) is 1. The van der Waals surface area contributed by atoms with Gasteiger partial charge in [0.1, 0.15) is 0 Å². The Labute approximate surface area is 174 Å². The molecule has 7 heteroatoms. The third kappa shape index (κ3) is 6.43. The molecule has 0 aliphatic carbocycles. The maximum atomic E-state index is 12.6. The molecule has 0 unspecified atom stereocenters. The Morgan fingerprint density at radius 3 is 2.45 bits per heavy atom. The zero-order valence-electron chi connectivity index (χ0n) is 16.2. The maximum absolute atomic E-state index is 12.6. The lowest BCUT2D eigenvalue weighted by molar-refractivity contribution is -0.142. The van der Waals surface area contributed by atoms with Crippen molar-refractivity contribution in [2.75, 3.05) is 23.4 Å². The van der Waals surface area contributed by atoms with Gasteiger partial charge in [-0.05, 0) is 24.6 Å². The molecule has 0 aliphatic rings. The summed E-state index contributed by atoms with van der Waals surface area (Å²) >= 11 is 1.30. The number of nitrogens with zero attached hydrogens (tertiary/aromatic N) is 2. The molecular weight excluding hydrogens is 386 g/mol. The first-order valence-electron chi connectivity index (χ1n) is 9.38. The number of carbonyl (C=O) groups is 2. The van der Waals surface area contributed by atoms with Gasteiger partial charge in [-0.3, -0.25) is 9.59 Å². The smallest absolute Gasteiger partial charge is 0.311 e. The van der Waals surface area contributed by atoms with Gasteiger partial charge >= 0.3 is 5.97 Å². The van der Waals surface area contributed by atoms with Crippen LogP contribution in [-0.4, -0.2) is 30.0 Å². The molecule has 29 heavy (non-hydrogen) atoms. The van der Waals surface area contributed by atoms with E-state index in [2.05, 4.69) is 10.3 Å². The molecule has 0 radical (unpaired) electrons. The number of esters is 1. The van der Waals surface area contributed by atoms with Crippen LogP contribution >= 0.6 is 11.3 Å². The van der Waals surface area contributed by atoms with Crippen LogP contribution in [0, 0.1) is 0 Å². The third-order valence-corrected chi connectivity index (χ3v) is 4.91. The van der Waals surface area contributed by atoms with Crippen LogP contribution in [0.3, 0.4) is 0 Å². The number of benzene rings is 2. The molecule has 1 amide bonds. The quantitative estimate of drug-likeness (QED) is 0.543. The van der Waals surface area contributed by atoms with Gasteiger partial charge in [-0.2, -0.15) is 0 Å². The molecule has 1 heterocycles. The van der Waals surface area contributed by atoms with Gasteiger partial charge in [0.15, 0.2) is 5.13 Å². The number of nitrogens with one attached hydrogen (secondary N) is 1. The van der Waals surface area contributed by atoms with Crippen LogP contribution in [0.25, 0.3) is 0 Å². The van der Waals surface area contributed by atoms with Gasteiger partial charge in [-0.15, -0.1) is 11.3 Å². The molecule has 1 aromatic heterocycles. The second kappa shape index (κ2) is 10.4. The van der Waals surface area contributed by atoms with Crippen molar-refractivity contribution in [1.82, 2.24) is 4.98 Å². The van der Waals surface area contributed by atoms with Crippen molar-refractivity contribution in [3.05, 3.63) is 77.3 Å². The highest BCUT2D eigenvalue weighted by atomic mass is 32.1. The number of carbonyl (C=O) groups excluding carboxylic acids is 2. The van der Waals surface area contributed by atoms with Crippen molar-refractivity contribution in [3.8, 4) is 0 Å². The minimum Gasteiger partial charge on any atom is -0.466 e. The van der Waals surface area contributed by atoms with Crippen LogP contribution in [0.4, 0.5) is 10.8 Å². The van der Waals surface area contributed by atoms with Crippen molar-refractivity contribution < 1.29 is 14.3 Å². The summed E-state index contributed by atoms with van der Waals surface area (Å²) in [6.07, 6.45) is 0.102. The van der Waals surface area contributed by atoms with Crippen LogP contribution < -0.4 is 10.2 Å². The Balaban J connectivity index is 1.64. The standard InChI is InChI=1S/C22H23N3O3S/c1-2-28-21(27)13-18-16-29-22(23-18)24-20(26)15-25(19-11-7-4-8-12-19)14-17-9-5-3-6-10-17/h3-12,16H,2,13-15H2,1H3,(H,23,24,26). The molecular formula is C22H23N3O3S. The SMILES string of the molecule is CCOC(=O)Cc1csc(NC(=O)CN(Cc2ccccc2)c2ccccc2)n1. The fourth-order valence-electron chi connectivity index (χ4n) is 2.82.